The molecule has 186 valence electrons. The Hall–Kier alpha value is -3.99. The highest BCUT2D eigenvalue weighted by Gasteiger charge is 2.80. The van der Waals surface area contributed by atoms with Gasteiger partial charge in [0.25, 0.3) is 0 Å². The monoisotopic (exact) mass is 491 g/mol. The average Bonchev–Trinajstić information content (AvgIpc) is 3.39. The molecule has 6 rings (SSSR count). The molecular formula is C32H29NO4. The maximum atomic E-state index is 14.6. The van der Waals surface area contributed by atoms with Crippen LogP contribution in [0.5, 0.6) is 5.75 Å². The number of ether oxygens (including phenoxy) is 1. The molecule has 1 saturated heterocycles. The van der Waals surface area contributed by atoms with Gasteiger partial charge in [0.1, 0.15) is 5.75 Å². The smallest absolute Gasteiger partial charge is 0.239 e. The Morgan fingerprint density at radius 3 is 1.97 bits per heavy atom. The van der Waals surface area contributed by atoms with Gasteiger partial charge in [0.05, 0.1) is 35.5 Å². The van der Waals surface area contributed by atoms with Crippen molar-refractivity contribution in [3.05, 3.63) is 96.1 Å². The van der Waals surface area contributed by atoms with Crippen LogP contribution in [0.1, 0.15) is 37.8 Å². The molecule has 2 fully saturated rings. The first kappa shape index (κ1) is 23.4. The van der Waals surface area contributed by atoms with Crippen LogP contribution in [0.4, 0.5) is 5.69 Å². The summed E-state index contributed by atoms with van der Waals surface area (Å²) in [6.45, 7) is 3.93. The van der Waals surface area contributed by atoms with Gasteiger partial charge in [-0.15, -0.1) is 0 Å². The van der Waals surface area contributed by atoms with Crippen molar-refractivity contribution in [2.75, 3.05) is 12.0 Å². The number of anilines is 1. The summed E-state index contributed by atoms with van der Waals surface area (Å²) in [4.78, 5) is 44.4. The van der Waals surface area contributed by atoms with Crippen LogP contribution in [0.3, 0.4) is 0 Å². The van der Waals surface area contributed by atoms with Gasteiger partial charge in [-0.3, -0.25) is 14.4 Å². The molecule has 0 radical (unpaired) electrons. The van der Waals surface area contributed by atoms with E-state index in [1.807, 2.05) is 74.5 Å². The molecule has 0 N–H and O–H groups in total. The van der Waals surface area contributed by atoms with Crippen molar-refractivity contribution in [2.45, 2.75) is 26.7 Å². The summed E-state index contributed by atoms with van der Waals surface area (Å²) in [6, 6.07) is 26.8. The van der Waals surface area contributed by atoms with Gasteiger partial charge in [0, 0.05) is 6.07 Å². The number of benzene rings is 3. The summed E-state index contributed by atoms with van der Waals surface area (Å²) in [6.07, 6.45) is 1.22. The lowest BCUT2D eigenvalue weighted by molar-refractivity contribution is -0.134. The van der Waals surface area contributed by atoms with Crippen molar-refractivity contribution in [2.24, 2.45) is 22.7 Å². The lowest BCUT2D eigenvalue weighted by Gasteiger charge is -2.37. The van der Waals surface area contributed by atoms with Crippen LogP contribution >= 0.6 is 0 Å². The Morgan fingerprint density at radius 1 is 0.784 bits per heavy atom. The molecule has 4 atom stereocenters. The van der Waals surface area contributed by atoms with Gasteiger partial charge in [-0.2, -0.15) is 0 Å². The first-order valence-electron chi connectivity index (χ1n) is 12.8. The average molecular weight is 492 g/mol. The van der Waals surface area contributed by atoms with Crippen LogP contribution < -0.4 is 9.64 Å². The molecule has 0 spiro atoms. The van der Waals surface area contributed by atoms with E-state index in [-0.39, 0.29) is 17.6 Å². The quantitative estimate of drug-likeness (QED) is 0.409. The lowest BCUT2D eigenvalue weighted by Crippen LogP contribution is -2.41. The predicted octanol–water partition coefficient (Wildman–Crippen LogP) is 5.80. The number of Topliss-reactive ketones (excluding diaryl/α,β-unsaturated/α-hetero) is 1. The van der Waals surface area contributed by atoms with Crippen LogP contribution in [0.15, 0.2) is 84.9 Å². The molecule has 0 aromatic heterocycles. The molecule has 5 heteroatoms. The van der Waals surface area contributed by atoms with Crippen molar-refractivity contribution in [1.82, 2.24) is 0 Å². The Bertz CT molecular complexity index is 1460. The van der Waals surface area contributed by atoms with Crippen molar-refractivity contribution in [3.8, 4) is 5.75 Å². The highest BCUT2D eigenvalue weighted by atomic mass is 16.5. The van der Waals surface area contributed by atoms with E-state index in [0.717, 1.165) is 22.3 Å². The predicted molar refractivity (Wildman–Crippen MR) is 143 cm³/mol. The molecule has 3 aromatic carbocycles. The van der Waals surface area contributed by atoms with Gasteiger partial charge >= 0.3 is 0 Å². The lowest BCUT2D eigenvalue weighted by atomic mass is 9.61. The maximum Gasteiger partial charge on any atom is 0.239 e. The zero-order valence-electron chi connectivity index (χ0n) is 21.2. The molecule has 3 aromatic rings. The zero-order valence-corrected chi connectivity index (χ0v) is 21.2. The Morgan fingerprint density at radius 2 is 1.38 bits per heavy atom. The molecule has 3 aliphatic rings. The number of fused-ring (bicyclic) bond motifs is 5. The standard InChI is InChI=1S/C32H29NO4/c1-4-18-32-25(21-14-9-6-10-15-21)24(20-12-7-5-8-13-20)31(2,30(32)36)26-27(32)29(35)33(28(26)34)22-16-11-17-23(19-22)37-3/h5-17,19,26-27H,4,18H2,1-3H3/t26-,27+,31+,32+/m0/s1. The summed E-state index contributed by atoms with van der Waals surface area (Å²) in [5, 5.41) is 0. The van der Waals surface area contributed by atoms with Gasteiger partial charge in [0.15, 0.2) is 5.78 Å². The molecule has 1 aliphatic heterocycles. The fourth-order valence-corrected chi connectivity index (χ4v) is 7.36. The van der Waals surface area contributed by atoms with Crippen LogP contribution in [0.2, 0.25) is 0 Å². The third kappa shape index (κ3) is 2.88. The number of rotatable bonds is 6. The molecule has 2 bridgehead atoms. The van der Waals surface area contributed by atoms with Crippen LogP contribution in [0, 0.1) is 22.7 Å². The van der Waals surface area contributed by atoms with E-state index in [9.17, 15) is 14.4 Å². The van der Waals surface area contributed by atoms with E-state index >= 15 is 0 Å². The fraction of sp³-hybridized carbons (Fsp3) is 0.281. The second-order valence-electron chi connectivity index (χ2n) is 10.4. The minimum absolute atomic E-state index is 0.00143. The van der Waals surface area contributed by atoms with E-state index < -0.39 is 22.7 Å². The summed E-state index contributed by atoms with van der Waals surface area (Å²) >= 11 is 0. The molecule has 5 nitrogen and oxygen atoms in total. The maximum absolute atomic E-state index is 14.6. The van der Waals surface area contributed by atoms with Gasteiger partial charge < -0.3 is 4.74 Å². The molecule has 2 aliphatic carbocycles. The first-order chi connectivity index (χ1) is 17.9. The van der Waals surface area contributed by atoms with Gasteiger partial charge in [-0.05, 0) is 47.8 Å². The number of ketones is 1. The number of methoxy groups -OCH3 is 1. The van der Waals surface area contributed by atoms with E-state index in [4.69, 9.17) is 4.74 Å². The van der Waals surface area contributed by atoms with Gasteiger partial charge in [0.2, 0.25) is 11.8 Å². The third-order valence-corrected chi connectivity index (χ3v) is 8.63. The molecule has 37 heavy (non-hydrogen) atoms. The molecule has 0 unspecified atom stereocenters. The molecule has 1 saturated carbocycles. The van der Waals surface area contributed by atoms with Gasteiger partial charge in [-0.1, -0.05) is 80.1 Å². The van der Waals surface area contributed by atoms with Crippen LogP contribution in [-0.2, 0) is 14.4 Å². The number of allylic oxidation sites excluding steroid dienone is 2. The first-order valence-corrected chi connectivity index (χ1v) is 12.8. The third-order valence-electron chi connectivity index (χ3n) is 8.63. The number of hydrogen-bond acceptors (Lipinski definition) is 4. The Labute approximate surface area is 216 Å². The minimum atomic E-state index is -1.12. The molecule has 2 amide bonds. The van der Waals surface area contributed by atoms with Crippen LogP contribution in [0.25, 0.3) is 11.1 Å². The molecule has 1 heterocycles. The summed E-state index contributed by atoms with van der Waals surface area (Å²) < 4.78 is 5.37. The highest BCUT2D eigenvalue weighted by molar-refractivity contribution is 6.34. The number of imide groups is 1. The van der Waals surface area contributed by atoms with Crippen molar-refractivity contribution in [1.29, 1.82) is 0 Å². The van der Waals surface area contributed by atoms with Gasteiger partial charge in [-0.25, -0.2) is 4.90 Å². The normalized spacial score (nSPS) is 28.3. The summed E-state index contributed by atoms with van der Waals surface area (Å²) in [5.41, 5.74) is 1.94. The Balaban J connectivity index is 1.64. The minimum Gasteiger partial charge on any atom is -0.497 e. The second kappa shape index (κ2) is 8.27. The van der Waals surface area contributed by atoms with Crippen LogP contribution in [-0.4, -0.2) is 24.7 Å². The number of carbonyl (C=O) groups is 3. The highest BCUT2D eigenvalue weighted by Crippen LogP contribution is 2.75. The number of carbonyl (C=O) groups excluding carboxylic acids is 3. The van der Waals surface area contributed by atoms with E-state index in [0.29, 0.717) is 24.3 Å². The fourth-order valence-electron chi connectivity index (χ4n) is 7.36. The van der Waals surface area contributed by atoms with E-state index in [1.165, 1.54) is 4.90 Å². The topological polar surface area (TPSA) is 63.7 Å². The number of amides is 2. The summed E-state index contributed by atoms with van der Waals surface area (Å²) in [7, 11) is 1.56. The van der Waals surface area contributed by atoms with E-state index in [2.05, 4.69) is 0 Å². The van der Waals surface area contributed by atoms with Crippen molar-refractivity contribution in [3.63, 3.8) is 0 Å². The summed E-state index contributed by atoms with van der Waals surface area (Å²) in [5.74, 6) is -1.54. The van der Waals surface area contributed by atoms with Crippen molar-refractivity contribution < 1.29 is 19.1 Å². The number of hydrogen-bond donors (Lipinski definition) is 0. The largest absolute Gasteiger partial charge is 0.497 e. The van der Waals surface area contributed by atoms with E-state index in [1.54, 1.807) is 31.4 Å². The molecular weight excluding hydrogens is 462 g/mol. The number of nitrogens with zero attached hydrogens (tertiary/aromatic N) is 1. The van der Waals surface area contributed by atoms with Crippen molar-refractivity contribution >= 4 is 34.4 Å². The second-order valence-corrected chi connectivity index (χ2v) is 10.4. The zero-order chi connectivity index (χ0) is 25.9. The SMILES string of the molecule is CCC[C@@]12C(=O)[C@](C)(C(c3ccccc3)=C1c1ccccc1)[C@@H]1C(=O)N(c3cccc(OC)c3)C(=O)[C@@H]12. The Kier molecular flexibility index (Phi) is 5.23.